The number of carboxylic acids is 1. The molecule has 0 atom stereocenters. The average Bonchev–Trinajstić information content (AvgIpc) is 2.70. The van der Waals surface area contributed by atoms with Crippen molar-refractivity contribution in [3.8, 4) is 0 Å². The molecule has 0 unspecified atom stereocenters. The molecule has 1 rings (SSSR count). The molecule has 0 aliphatic heterocycles. The Labute approximate surface area is 110 Å². The van der Waals surface area contributed by atoms with Crippen molar-refractivity contribution in [1.82, 2.24) is 9.69 Å². The van der Waals surface area contributed by atoms with Crippen LogP contribution in [-0.2, 0) is 4.79 Å². The monoisotopic (exact) mass is 271 g/mol. The fourth-order valence-electron chi connectivity index (χ4n) is 1.44. The van der Waals surface area contributed by atoms with Crippen LogP contribution >= 0.6 is 11.5 Å². The zero-order valence-corrected chi connectivity index (χ0v) is 11.5. The van der Waals surface area contributed by atoms with E-state index in [1.807, 2.05) is 6.92 Å². The maximum atomic E-state index is 11.9. The first-order valence-corrected chi connectivity index (χ1v) is 6.43. The van der Waals surface area contributed by atoms with Gasteiger partial charge in [-0.1, -0.05) is 6.92 Å². The van der Waals surface area contributed by atoms with Crippen molar-refractivity contribution in [2.45, 2.75) is 20.3 Å². The Balaban J connectivity index is 2.80. The molecular formula is C11H17N3O3S. The molecule has 1 aromatic rings. The highest BCUT2D eigenvalue weighted by Gasteiger charge is 2.23. The summed E-state index contributed by atoms with van der Waals surface area (Å²) in [6, 6.07) is 0. The van der Waals surface area contributed by atoms with Crippen molar-refractivity contribution in [3.05, 3.63) is 11.3 Å². The largest absolute Gasteiger partial charge is 0.478 e. The summed E-state index contributed by atoms with van der Waals surface area (Å²) in [6.45, 7) is 4.58. The summed E-state index contributed by atoms with van der Waals surface area (Å²) >= 11 is 1.03. The highest BCUT2D eigenvalue weighted by atomic mass is 32.1. The highest BCUT2D eigenvalue weighted by molar-refractivity contribution is 7.11. The topological polar surface area (TPSA) is 82.5 Å². The molecule has 0 bridgehead atoms. The average molecular weight is 271 g/mol. The number of hydrogen-bond acceptors (Lipinski definition) is 5. The van der Waals surface area contributed by atoms with E-state index < -0.39 is 5.97 Å². The van der Waals surface area contributed by atoms with Crippen LogP contribution in [-0.4, -0.2) is 41.5 Å². The molecule has 0 radical (unpaired) electrons. The van der Waals surface area contributed by atoms with E-state index in [-0.39, 0.29) is 18.0 Å². The zero-order chi connectivity index (χ0) is 13.7. The van der Waals surface area contributed by atoms with E-state index in [1.54, 1.807) is 14.0 Å². The van der Waals surface area contributed by atoms with Gasteiger partial charge in [0.05, 0.1) is 12.2 Å². The number of amides is 1. The van der Waals surface area contributed by atoms with E-state index in [0.29, 0.717) is 10.7 Å². The predicted molar refractivity (Wildman–Crippen MR) is 70.4 cm³/mol. The van der Waals surface area contributed by atoms with Crippen molar-refractivity contribution in [2.75, 3.05) is 25.0 Å². The minimum Gasteiger partial charge on any atom is -0.478 e. The van der Waals surface area contributed by atoms with Gasteiger partial charge in [-0.15, -0.1) is 0 Å². The van der Waals surface area contributed by atoms with Crippen LogP contribution in [0.3, 0.4) is 0 Å². The van der Waals surface area contributed by atoms with Gasteiger partial charge in [-0.3, -0.25) is 4.79 Å². The lowest BCUT2D eigenvalue weighted by molar-refractivity contribution is -0.117. The Morgan fingerprint density at radius 2 is 2.17 bits per heavy atom. The van der Waals surface area contributed by atoms with Crippen LogP contribution in [0, 0.1) is 6.92 Å². The van der Waals surface area contributed by atoms with Crippen molar-refractivity contribution in [3.63, 3.8) is 0 Å². The molecule has 0 saturated heterocycles. The lowest BCUT2D eigenvalue weighted by Crippen LogP contribution is -2.36. The van der Waals surface area contributed by atoms with Gasteiger partial charge >= 0.3 is 5.97 Å². The summed E-state index contributed by atoms with van der Waals surface area (Å²) in [5.41, 5.74) is 0.537. The number of aromatic carboxylic acids is 1. The van der Waals surface area contributed by atoms with E-state index in [2.05, 4.69) is 9.69 Å². The lowest BCUT2D eigenvalue weighted by atomic mass is 10.2. The minimum atomic E-state index is -1.06. The molecule has 1 aromatic heterocycles. The van der Waals surface area contributed by atoms with Gasteiger partial charge in [0.1, 0.15) is 10.6 Å². The van der Waals surface area contributed by atoms with Crippen molar-refractivity contribution < 1.29 is 14.7 Å². The lowest BCUT2D eigenvalue weighted by Gasteiger charge is -2.16. The van der Waals surface area contributed by atoms with E-state index in [4.69, 9.17) is 5.11 Å². The first-order valence-electron chi connectivity index (χ1n) is 5.65. The van der Waals surface area contributed by atoms with Crippen molar-refractivity contribution >= 4 is 28.4 Å². The molecular weight excluding hydrogens is 254 g/mol. The molecule has 0 spiro atoms. The predicted octanol–water partition coefficient (Wildman–Crippen LogP) is 1.11. The molecule has 1 heterocycles. The molecule has 0 aliphatic carbocycles. The Morgan fingerprint density at radius 3 is 2.72 bits per heavy atom. The third kappa shape index (κ3) is 3.27. The van der Waals surface area contributed by atoms with Crippen LogP contribution in [0.1, 0.15) is 29.4 Å². The third-order valence-corrected chi connectivity index (χ3v) is 3.46. The number of carbonyl (C=O) groups is 2. The van der Waals surface area contributed by atoms with E-state index in [0.717, 1.165) is 24.5 Å². The molecule has 18 heavy (non-hydrogen) atoms. The first-order chi connectivity index (χ1) is 8.49. The molecule has 6 nitrogen and oxygen atoms in total. The van der Waals surface area contributed by atoms with Crippen molar-refractivity contribution in [1.29, 1.82) is 0 Å². The standard InChI is InChI=1S/C11H17N3O3S/c1-4-5-12-6-8(15)14(3)10-9(11(16)17)7(2)13-18-10/h12H,4-6H2,1-3H3,(H,16,17). The second kappa shape index (κ2) is 6.46. The van der Waals surface area contributed by atoms with Gasteiger partial charge in [-0.25, -0.2) is 4.79 Å². The SMILES string of the molecule is CCCNCC(=O)N(C)c1snc(C)c1C(=O)O. The van der Waals surface area contributed by atoms with Gasteiger partial charge in [-0.2, -0.15) is 4.37 Å². The summed E-state index contributed by atoms with van der Waals surface area (Å²) in [4.78, 5) is 24.3. The van der Waals surface area contributed by atoms with Gasteiger partial charge in [0, 0.05) is 7.05 Å². The number of rotatable bonds is 6. The molecule has 0 aromatic carbocycles. The molecule has 0 fully saturated rings. The van der Waals surface area contributed by atoms with Gasteiger partial charge in [0.2, 0.25) is 5.91 Å². The minimum absolute atomic E-state index is 0.103. The molecule has 100 valence electrons. The van der Waals surface area contributed by atoms with Crippen LogP contribution < -0.4 is 10.2 Å². The van der Waals surface area contributed by atoms with Gasteiger partial charge in [0.25, 0.3) is 0 Å². The molecule has 2 N–H and O–H groups in total. The van der Waals surface area contributed by atoms with Crippen LogP contribution in [0.5, 0.6) is 0 Å². The number of nitrogens with zero attached hydrogens (tertiary/aromatic N) is 2. The molecule has 0 saturated carbocycles. The number of anilines is 1. The number of nitrogens with one attached hydrogen (secondary N) is 1. The summed E-state index contributed by atoms with van der Waals surface area (Å²) in [6.07, 6.45) is 0.942. The van der Waals surface area contributed by atoms with Gasteiger partial charge in [-0.05, 0) is 31.4 Å². The third-order valence-electron chi connectivity index (χ3n) is 2.44. The Hall–Kier alpha value is -1.47. The van der Waals surface area contributed by atoms with E-state index in [9.17, 15) is 9.59 Å². The van der Waals surface area contributed by atoms with Gasteiger partial charge in [0.15, 0.2) is 0 Å². The van der Waals surface area contributed by atoms with Crippen LogP contribution in [0.4, 0.5) is 5.00 Å². The molecule has 0 aliphatic rings. The Bertz CT molecular complexity index is 445. The summed E-state index contributed by atoms with van der Waals surface area (Å²) < 4.78 is 3.98. The first kappa shape index (κ1) is 14.6. The molecule has 7 heteroatoms. The maximum absolute atomic E-state index is 11.9. The van der Waals surface area contributed by atoms with E-state index in [1.165, 1.54) is 4.90 Å². The summed E-state index contributed by atoms with van der Waals surface area (Å²) in [5, 5.41) is 12.5. The summed E-state index contributed by atoms with van der Waals surface area (Å²) in [7, 11) is 1.56. The maximum Gasteiger partial charge on any atom is 0.340 e. The second-order valence-corrected chi connectivity index (χ2v) is 4.63. The second-order valence-electron chi connectivity index (χ2n) is 3.88. The van der Waals surface area contributed by atoms with Crippen molar-refractivity contribution in [2.24, 2.45) is 0 Å². The fraction of sp³-hybridized carbons (Fsp3) is 0.545. The number of carboxylic acid groups (broad SMARTS) is 1. The number of aryl methyl sites for hydroxylation is 1. The number of aromatic nitrogens is 1. The molecule has 1 amide bonds. The van der Waals surface area contributed by atoms with Crippen LogP contribution in [0.2, 0.25) is 0 Å². The normalized spacial score (nSPS) is 10.4. The zero-order valence-electron chi connectivity index (χ0n) is 10.7. The van der Waals surface area contributed by atoms with Gasteiger partial charge < -0.3 is 15.3 Å². The van der Waals surface area contributed by atoms with Crippen LogP contribution in [0.15, 0.2) is 0 Å². The van der Waals surface area contributed by atoms with Crippen LogP contribution in [0.25, 0.3) is 0 Å². The number of carbonyl (C=O) groups excluding carboxylic acids is 1. The van der Waals surface area contributed by atoms with E-state index >= 15 is 0 Å². The smallest absolute Gasteiger partial charge is 0.340 e. The summed E-state index contributed by atoms with van der Waals surface area (Å²) in [5.74, 6) is -1.23. The Morgan fingerprint density at radius 1 is 1.50 bits per heavy atom. The Kier molecular flexibility index (Phi) is 5.24. The number of likely N-dealkylation sites (N-methyl/N-ethyl adjacent to an activating group) is 1. The highest BCUT2D eigenvalue weighted by Crippen LogP contribution is 2.27. The fourth-order valence-corrected chi connectivity index (χ4v) is 2.30. The number of hydrogen-bond donors (Lipinski definition) is 2. The quantitative estimate of drug-likeness (QED) is 0.757.